The molecule has 0 heteroatoms. The van der Waals surface area contributed by atoms with Crippen LogP contribution in [0.2, 0.25) is 0 Å². The summed E-state index contributed by atoms with van der Waals surface area (Å²) in [6.07, 6.45) is 0. The van der Waals surface area contributed by atoms with Gasteiger partial charge in [0.15, 0.2) is 0 Å². The van der Waals surface area contributed by atoms with Crippen LogP contribution in [0.3, 0.4) is 0 Å². The first-order valence-corrected chi connectivity index (χ1v) is 12.2. The van der Waals surface area contributed by atoms with Crippen molar-refractivity contribution in [2.45, 2.75) is 5.41 Å². The molecule has 7 rings (SSSR count). The molecule has 0 heterocycles. The molecule has 0 nitrogen and oxygen atoms in total. The van der Waals surface area contributed by atoms with Gasteiger partial charge in [-0.2, -0.15) is 0 Å². The Morgan fingerprint density at radius 1 is 0.371 bits per heavy atom. The Balaban J connectivity index is 1.72. The maximum atomic E-state index is 2.47. The Labute approximate surface area is 206 Å². The predicted octanol–water partition coefficient (Wildman–Crippen LogP) is 8.87. The van der Waals surface area contributed by atoms with Crippen LogP contribution in [-0.2, 0) is 5.41 Å². The highest BCUT2D eigenvalue weighted by Crippen LogP contribution is 2.58. The zero-order chi connectivity index (χ0) is 23.2. The fourth-order valence-electron chi connectivity index (χ4n) is 6.16. The van der Waals surface area contributed by atoms with Crippen LogP contribution in [-0.4, -0.2) is 0 Å². The smallest absolute Gasteiger partial charge is 0.0622 e. The number of fused-ring (bicyclic) bond motifs is 5. The van der Waals surface area contributed by atoms with Crippen LogP contribution in [0.15, 0.2) is 146 Å². The topological polar surface area (TPSA) is 0 Å². The molecule has 6 aromatic rings. The molecule has 0 saturated carbocycles. The van der Waals surface area contributed by atoms with E-state index in [1.165, 1.54) is 55.3 Å². The summed E-state index contributed by atoms with van der Waals surface area (Å²) < 4.78 is 0. The molecule has 35 heavy (non-hydrogen) atoms. The minimum atomic E-state index is -0.387. The number of hydrogen-bond acceptors (Lipinski definition) is 0. The second-order valence-electron chi connectivity index (χ2n) is 9.29. The van der Waals surface area contributed by atoms with E-state index in [4.69, 9.17) is 0 Å². The van der Waals surface area contributed by atoms with Crippen molar-refractivity contribution in [2.24, 2.45) is 0 Å². The zero-order valence-corrected chi connectivity index (χ0v) is 19.4. The molecule has 0 saturated heterocycles. The van der Waals surface area contributed by atoms with E-state index in [9.17, 15) is 0 Å². The summed E-state index contributed by atoms with van der Waals surface area (Å²) in [5, 5.41) is 2.61. The van der Waals surface area contributed by atoms with E-state index in [1.54, 1.807) is 0 Å². The minimum Gasteiger partial charge on any atom is -0.0622 e. The highest BCUT2D eigenvalue weighted by atomic mass is 14.5. The zero-order valence-electron chi connectivity index (χ0n) is 19.4. The van der Waals surface area contributed by atoms with Crippen molar-refractivity contribution >= 4 is 10.8 Å². The van der Waals surface area contributed by atoms with Gasteiger partial charge in [-0.1, -0.05) is 140 Å². The van der Waals surface area contributed by atoms with E-state index < -0.39 is 0 Å². The first kappa shape index (κ1) is 20.0. The van der Waals surface area contributed by atoms with Gasteiger partial charge < -0.3 is 0 Å². The number of rotatable bonds is 3. The molecule has 0 unspecified atom stereocenters. The summed E-state index contributed by atoms with van der Waals surface area (Å²) in [5.41, 5.74) is 10.1. The number of benzene rings is 6. The monoisotopic (exact) mass is 444 g/mol. The van der Waals surface area contributed by atoms with Gasteiger partial charge in [-0.25, -0.2) is 0 Å². The highest BCUT2D eigenvalue weighted by Gasteiger charge is 2.46. The van der Waals surface area contributed by atoms with Crippen molar-refractivity contribution in [1.29, 1.82) is 0 Å². The molecule has 0 aliphatic heterocycles. The third kappa shape index (κ3) is 2.80. The first-order chi connectivity index (χ1) is 17.4. The van der Waals surface area contributed by atoms with Gasteiger partial charge in [0.25, 0.3) is 0 Å². The van der Waals surface area contributed by atoms with Crippen LogP contribution >= 0.6 is 0 Å². The summed E-state index contributed by atoms with van der Waals surface area (Å²) >= 11 is 0. The van der Waals surface area contributed by atoms with Crippen LogP contribution in [0.5, 0.6) is 0 Å². The summed E-state index contributed by atoms with van der Waals surface area (Å²) in [5.74, 6) is 0. The Hall–Kier alpha value is -4.42. The summed E-state index contributed by atoms with van der Waals surface area (Å²) in [4.78, 5) is 0. The molecular formula is C35H24. The van der Waals surface area contributed by atoms with Crippen molar-refractivity contribution in [1.82, 2.24) is 0 Å². The fraction of sp³-hybridized carbons (Fsp3) is 0.0286. The molecule has 0 N–H and O–H groups in total. The summed E-state index contributed by atoms with van der Waals surface area (Å²) in [6.45, 7) is 0. The largest absolute Gasteiger partial charge is 0.0714 e. The normalized spacial score (nSPS) is 13.4. The lowest BCUT2D eigenvalue weighted by atomic mass is 9.67. The van der Waals surface area contributed by atoms with Gasteiger partial charge in [-0.05, 0) is 61.3 Å². The van der Waals surface area contributed by atoms with Crippen LogP contribution in [0.25, 0.3) is 33.0 Å². The molecule has 0 spiro atoms. The lowest BCUT2D eigenvalue weighted by Crippen LogP contribution is -2.28. The Kier molecular flexibility index (Phi) is 4.47. The molecule has 0 amide bonds. The van der Waals surface area contributed by atoms with E-state index in [0.717, 1.165) is 0 Å². The average molecular weight is 445 g/mol. The molecule has 0 bridgehead atoms. The molecule has 0 fully saturated rings. The van der Waals surface area contributed by atoms with Gasteiger partial charge in [0.05, 0.1) is 5.41 Å². The van der Waals surface area contributed by atoms with Crippen molar-refractivity contribution in [2.75, 3.05) is 0 Å². The lowest BCUT2D eigenvalue weighted by Gasteiger charge is -2.34. The van der Waals surface area contributed by atoms with E-state index in [0.29, 0.717) is 0 Å². The van der Waals surface area contributed by atoms with Crippen LogP contribution in [0, 0.1) is 0 Å². The summed E-state index contributed by atoms with van der Waals surface area (Å²) in [7, 11) is 0. The molecule has 1 aliphatic rings. The third-order valence-electron chi connectivity index (χ3n) is 7.55. The minimum absolute atomic E-state index is 0.387. The van der Waals surface area contributed by atoms with E-state index in [2.05, 4.69) is 146 Å². The second-order valence-corrected chi connectivity index (χ2v) is 9.29. The fourth-order valence-corrected chi connectivity index (χ4v) is 6.16. The Bertz CT molecular complexity index is 1620. The standard InChI is InChI=1S/C35H24/c1-4-14-25(15-5-1)31-24-33-34(29-21-11-10-20-28(29)31)30-22-12-13-23-32(30)35(33,26-16-6-2-7-17-26)27-18-8-3-9-19-27/h1-24H. The van der Waals surface area contributed by atoms with Gasteiger partial charge in [-0.15, -0.1) is 0 Å². The van der Waals surface area contributed by atoms with Gasteiger partial charge in [-0.3, -0.25) is 0 Å². The van der Waals surface area contributed by atoms with Crippen LogP contribution in [0.4, 0.5) is 0 Å². The van der Waals surface area contributed by atoms with Gasteiger partial charge in [0.1, 0.15) is 0 Å². The molecule has 6 aromatic carbocycles. The van der Waals surface area contributed by atoms with Crippen molar-refractivity contribution < 1.29 is 0 Å². The van der Waals surface area contributed by atoms with Crippen molar-refractivity contribution in [3.63, 3.8) is 0 Å². The van der Waals surface area contributed by atoms with Gasteiger partial charge in [0, 0.05) is 0 Å². The SMILES string of the molecule is c1ccc(-c2cc3c(c4ccccc24)-c2ccccc2C3(c2ccccc2)c2ccccc2)cc1. The van der Waals surface area contributed by atoms with E-state index >= 15 is 0 Å². The van der Waals surface area contributed by atoms with Crippen molar-refractivity contribution in [3.05, 3.63) is 168 Å². The van der Waals surface area contributed by atoms with Gasteiger partial charge >= 0.3 is 0 Å². The number of hydrogen-bond donors (Lipinski definition) is 0. The molecular weight excluding hydrogens is 420 g/mol. The van der Waals surface area contributed by atoms with Crippen LogP contribution in [0.1, 0.15) is 22.3 Å². The first-order valence-electron chi connectivity index (χ1n) is 12.2. The molecule has 164 valence electrons. The predicted molar refractivity (Wildman–Crippen MR) is 147 cm³/mol. The molecule has 0 atom stereocenters. The molecule has 0 radical (unpaired) electrons. The van der Waals surface area contributed by atoms with Crippen molar-refractivity contribution in [3.8, 4) is 22.3 Å². The van der Waals surface area contributed by atoms with Gasteiger partial charge in [0.2, 0.25) is 0 Å². The maximum absolute atomic E-state index is 2.47. The quantitative estimate of drug-likeness (QED) is 0.255. The van der Waals surface area contributed by atoms with E-state index in [1.807, 2.05) is 0 Å². The lowest BCUT2D eigenvalue weighted by molar-refractivity contribution is 0.769. The second kappa shape index (κ2) is 7.82. The van der Waals surface area contributed by atoms with Crippen LogP contribution < -0.4 is 0 Å². The maximum Gasteiger partial charge on any atom is 0.0714 e. The molecule has 1 aliphatic carbocycles. The highest BCUT2D eigenvalue weighted by molar-refractivity contribution is 6.10. The van der Waals surface area contributed by atoms with E-state index in [-0.39, 0.29) is 5.41 Å². The Morgan fingerprint density at radius 3 is 1.54 bits per heavy atom. The third-order valence-corrected chi connectivity index (χ3v) is 7.55. The molecule has 0 aromatic heterocycles. The Morgan fingerprint density at radius 2 is 0.886 bits per heavy atom. The summed E-state index contributed by atoms with van der Waals surface area (Å²) in [6, 6.07) is 53.2. The average Bonchev–Trinajstić information content (AvgIpc) is 3.25.